The molecule has 1 aromatic heterocycles. The van der Waals surface area contributed by atoms with E-state index in [2.05, 4.69) is 15.4 Å². The van der Waals surface area contributed by atoms with Gasteiger partial charge in [0, 0.05) is 6.54 Å². The van der Waals surface area contributed by atoms with Crippen LogP contribution in [0.2, 0.25) is 0 Å². The Morgan fingerprint density at radius 1 is 1.59 bits per heavy atom. The molecule has 0 radical (unpaired) electrons. The molecule has 0 aromatic carbocycles. The van der Waals surface area contributed by atoms with Crippen LogP contribution in [0, 0.1) is 5.82 Å². The number of nitrogens with zero attached hydrogens (tertiary/aromatic N) is 3. The second kappa shape index (κ2) is 4.42. The van der Waals surface area contributed by atoms with E-state index in [1.807, 2.05) is 18.7 Å². The zero-order valence-corrected chi connectivity index (χ0v) is 9.90. The molecule has 6 nitrogen and oxygen atoms in total. The summed E-state index contributed by atoms with van der Waals surface area (Å²) in [5.41, 5.74) is 2.01. The Balaban J connectivity index is 2.37. The molecule has 0 bridgehead atoms. The van der Waals surface area contributed by atoms with Crippen molar-refractivity contribution in [3.05, 3.63) is 12.0 Å². The SMILES string of the molecule is CC1(C)COCCN1c1nc(NN)ncc1F. The second-order valence-corrected chi connectivity index (χ2v) is 4.53. The van der Waals surface area contributed by atoms with Crippen LogP contribution in [0.1, 0.15) is 13.8 Å². The molecule has 0 spiro atoms. The van der Waals surface area contributed by atoms with E-state index in [1.165, 1.54) is 0 Å². The van der Waals surface area contributed by atoms with E-state index in [9.17, 15) is 4.39 Å². The van der Waals surface area contributed by atoms with Gasteiger partial charge in [0.1, 0.15) is 0 Å². The van der Waals surface area contributed by atoms with Crippen LogP contribution in [0.15, 0.2) is 6.20 Å². The molecule has 3 N–H and O–H groups in total. The average Bonchev–Trinajstić information content (AvgIpc) is 2.30. The van der Waals surface area contributed by atoms with Crippen molar-refractivity contribution >= 4 is 11.8 Å². The van der Waals surface area contributed by atoms with Gasteiger partial charge in [0.2, 0.25) is 5.95 Å². The topological polar surface area (TPSA) is 76.3 Å². The Morgan fingerprint density at radius 2 is 2.35 bits per heavy atom. The summed E-state index contributed by atoms with van der Waals surface area (Å²) in [7, 11) is 0. The van der Waals surface area contributed by atoms with E-state index in [4.69, 9.17) is 10.6 Å². The molecule has 1 aliphatic heterocycles. The molecule has 0 unspecified atom stereocenters. The summed E-state index contributed by atoms with van der Waals surface area (Å²) in [5, 5.41) is 0. The summed E-state index contributed by atoms with van der Waals surface area (Å²) in [6.45, 7) is 5.62. The molecular formula is C10H16FN5O. The van der Waals surface area contributed by atoms with Gasteiger partial charge < -0.3 is 9.64 Å². The number of aromatic nitrogens is 2. The highest BCUT2D eigenvalue weighted by Crippen LogP contribution is 2.27. The molecule has 0 saturated carbocycles. The summed E-state index contributed by atoms with van der Waals surface area (Å²) in [4.78, 5) is 9.65. The monoisotopic (exact) mass is 241 g/mol. The normalized spacial score (nSPS) is 19.2. The van der Waals surface area contributed by atoms with Crippen LogP contribution in [-0.4, -0.2) is 35.3 Å². The molecular weight excluding hydrogens is 225 g/mol. The number of hydrogen-bond donors (Lipinski definition) is 2. The first kappa shape index (κ1) is 12.0. The molecule has 1 aliphatic rings. The molecule has 7 heteroatoms. The number of nitrogens with one attached hydrogen (secondary N) is 1. The zero-order chi connectivity index (χ0) is 12.5. The lowest BCUT2D eigenvalue weighted by molar-refractivity contribution is 0.0634. The highest BCUT2D eigenvalue weighted by atomic mass is 19.1. The first-order chi connectivity index (χ1) is 8.04. The van der Waals surface area contributed by atoms with Crippen LogP contribution >= 0.6 is 0 Å². The fourth-order valence-electron chi connectivity index (χ4n) is 1.87. The number of hydrogen-bond acceptors (Lipinski definition) is 6. The van der Waals surface area contributed by atoms with Gasteiger partial charge >= 0.3 is 0 Å². The maximum absolute atomic E-state index is 13.8. The van der Waals surface area contributed by atoms with Gasteiger partial charge in [-0.1, -0.05) is 0 Å². The van der Waals surface area contributed by atoms with Gasteiger partial charge in [-0.05, 0) is 13.8 Å². The number of nitrogens with two attached hydrogens (primary N) is 1. The van der Waals surface area contributed by atoms with Crippen LogP contribution < -0.4 is 16.2 Å². The van der Waals surface area contributed by atoms with Gasteiger partial charge in [-0.2, -0.15) is 4.98 Å². The number of rotatable bonds is 2. The highest BCUT2D eigenvalue weighted by molar-refractivity contribution is 5.46. The molecule has 0 aliphatic carbocycles. The van der Waals surface area contributed by atoms with Crippen LogP contribution in [0.3, 0.4) is 0 Å². The van der Waals surface area contributed by atoms with Crippen molar-refractivity contribution in [2.24, 2.45) is 5.84 Å². The first-order valence-corrected chi connectivity index (χ1v) is 5.39. The molecule has 17 heavy (non-hydrogen) atoms. The first-order valence-electron chi connectivity index (χ1n) is 5.39. The Hall–Kier alpha value is -1.47. The third kappa shape index (κ3) is 2.29. The van der Waals surface area contributed by atoms with Gasteiger partial charge in [-0.15, -0.1) is 0 Å². The highest BCUT2D eigenvalue weighted by Gasteiger charge is 2.33. The predicted octanol–water partition coefficient (Wildman–Crippen LogP) is 0.517. The number of nitrogen functional groups attached to an aromatic ring is 1. The van der Waals surface area contributed by atoms with E-state index >= 15 is 0 Å². The van der Waals surface area contributed by atoms with Gasteiger partial charge in [-0.3, -0.25) is 5.43 Å². The number of morpholine rings is 1. The summed E-state index contributed by atoms with van der Waals surface area (Å²) in [5.74, 6) is 5.22. The lowest BCUT2D eigenvalue weighted by atomic mass is 10.0. The van der Waals surface area contributed by atoms with Crippen molar-refractivity contribution in [3.8, 4) is 0 Å². The van der Waals surface area contributed by atoms with E-state index < -0.39 is 5.82 Å². The fraction of sp³-hybridized carbons (Fsp3) is 0.600. The summed E-state index contributed by atoms with van der Waals surface area (Å²) in [6, 6.07) is 0. The van der Waals surface area contributed by atoms with Crippen LogP contribution in [0.5, 0.6) is 0 Å². The molecule has 1 fully saturated rings. The zero-order valence-electron chi connectivity index (χ0n) is 9.90. The fourth-order valence-corrected chi connectivity index (χ4v) is 1.87. The minimum atomic E-state index is -0.459. The minimum Gasteiger partial charge on any atom is -0.377 e. The summed E-state index contributed by atoms with van der Waals surface area (Å²) < 4.78 is 19.1. The quantitative estimate of drug-likeness (QED) is 0.580. The van der Waals surface area contributed by atoms with Gasteiger partial charge in [-0.25, -0.2) is 15.2 Å². The maximum Gasteiger partial charge on any atom is 0.239 e. The van der Waals surface area contributed by atoms with Crippen molar-refractivity contribution < 1.29 is 9.13 Å². The molecule has 2 heterocycles. The number of ether oxygens (including phenoxy) is 1. The lowest BCUT2D eigenvalue weighted by Crippen LogP contribution is -2.54. The maximum atomic E-state index is 13.8. The van der Waals surface area contributed by atoms with Crippen molar-refractivity contribution in [3.63, 3.8) is 0 Å². The lowest BCUT2D eigenvalue weighted by Gasteiger charge is -2.42. The molecule has 1 saturated heterocycles. The molecule has 2 rings (SSSR count). The summed E-state index contributed by atoms with van der Waals surface area (Å²) >= 11 is 0. The standard InChI is InChI=1S/C10H16FN5O/c1-10(2)6-17-4-3-16(10)8-7(11)5-13-9(14-8)15-12/h5H,3-4,6,12H2,1-2H3,(H,13,14,15). The van der Waals surface area contributed by atoms with Gasteiger partial charge in [0.25, 0.3) is 0 Å². The van der Waals surface area contributed by atoms with E-state index in [-0.39, 0.29) is 17.3 Å². The number of anilines is 2. The van der Waals surface area contributed by atoms with Gasteiger partial charge in [0.05, 0.1) is 24.9 Å². The Bertz CT molecular complexity index is 412. The average molecular weight is 241 g/mol. The van der Waals surface area contributed by atoms with Crippen LogP contribution in [0.4, 0.5) is 16.2 Å². The minimum absolute atomic E-state index is 0.198. The van der Waals surface area contributed by atoms with E-state index in [0.29, 0.717) is 19.8 Å². The molecule has 0 amide bonds. The van der Waals surface area contributed by atoms with Crippen molar-refractivity contribution in [1.29, 1.82) is 0 Å². The van der Waals surface area contributed by atoms with Crippen LogP contribution in [-0.2, 0) is 4.74 Å². The summed E-state index contributed by atoms with van der Waals surface area (Å²) in [6.07, 6.45) is 1.11. The Morgan fingerprint density at radius 3 is 3.00 bits per heavy atom. The predicted molar refractivity (Wildman–Crippen MR) is 62.0 cm³/mol. The van der Waals surface area contributed by atoms with Crippen molar-refractivity contribution in [1.82, 2.24) is 9.97 Å². The number of hydrazine groups is 1. The van der Waals surface area contributed by atoms with E-state index in [1.54, 1.807) is 0 Å². The molecule has 94 valence electrons. The van der Waals surface area contributed by atoms with Crippen molar-refractivity contribution in [2.45, 2.75) is 19.4 Å². The third-order valence-corrected chi connectivity index (χ3v) is 2.76. The Labute approximate surface area is 99.0 Å². The van der Waals surface area contributed by atoms with Crippen molar-refractivity contribution in [2.75, 3.05) is 30.1 Å². The number of halogens is 1. The van der Waals surface area contributed by atoms with E-state index in [0.717, 1.165) is 6.20 Å². The molecule has 1 aromatic rings. The Kier molecular flexibility index (Phi) is 3.12. The van der Waals surface area contributed by atoms with Crippen LogP contribution in [0.25, 0.3) is 0 Å². The smallest absolute Gasteiger partial charge is 0.239 e. The third-order valence-electron chi connectivity index (χ3n) is 2.76. The second-order valence-electron chi connectivity index (χ2n) is 4.53. The largest absolute Gasteiger partial charge is 0.377 e. The molecule has 0 atom stereocenters. The van der Waals surface area contributed by atoms with Gasteiger partial charge in [0.15, 0.2) is 11.6 Å².